The maximum Gasteiger partial charge on any atom is 0.251 e. The summed E-state index contributed by atoms with van der Waals surface area (Å²) < 4.78 is 30.7. The average molecular weight is 400 g/mol. The van der Waals surface area contributed by atoms with Gasteiger partial charge < -0.3 is 15.4 Å². The molecule has 1 aromatic carbocycles. The van der Waals surface area contributed by atoms with E-state index in [4.69, 9.17) is 4.74 Å². The van der Waals surface area contributed by atoms with Crippen molar-refractivity contribution in [1.82, 2.24) is 14.9 Å². The summed E-state index contributed by atoms with van der Waals surface area (Å²) in [6.07, 6.45) is 2.81. The molecule has 0 heterocycles. The molecule has 1 rings (SSSR count). The molecule has 0 fully saturated rings. The second-order valence-corrected chi connectivity index (χ2v) is 8.32. The van der Waals surface area contributed by atoms with Crippen LogP contribution in [0.1, 0.15) is 36.5 Å². The minimum absolute atomic E-state index is 0.0210. The number of unbranched alkanes of at least 4 members (excludes halogenated alkanes) is 1. The van der Waals surface area contributed by atoms with Crippen LogP contribution in [0.15, 0.2) is 29.2 Å². The molecule has 0 aliphatic carbocycles. The highest BCUT2D eigenvalue weighted by molar-refractivity contribution is 7.89. The van der Waals surface area contributed by atoms with Gasteiger partial charge in [-0.05, 0) is 31.0 Å². The van der Waals surface area contributed by atoms with Gasteiger partial charge in [-0.1, -0.05) is 19.4 Å². The number of carbonyl (C=O) groups excluding carboxylic acids is 2. The van der Waals surface area contributed by atoms with Gasteiger partial charge >= 0.3 is 0 Å². The van der Waals surface area contributed by atoms with Gasteiger partial charge in [0.2, 0.25) is 15.9 Å². The zero-order valence-electron chi connectivity index (χ0n) is 16.2. The third-order valence-electron chi connectivity index (χ3n) is 3.71. The minimum atomic E-state index is -3.63. The quantitative estimate of drug-likeness (QED) is 0.510. The molecule has 0 saturated carbocycles. The first-order chi connectivity index (χ1) is 12.8. The van der Waals surface area contributed by atoms with Crippen LogP contribution in [0.5, 0.6) is 0 Å². The monoisotopic (exact) mass is 399 g/mol. The van der Waals surface area contributed by atoms with E-state index in [-0.39, 0.29) is 22.9 Å². The third-order valence-corrected chi connectivity index (χ3v) is 5.53. The molecule has 8 nitrogen and oxygen atoms in total. The molecule has 0 saturated heterocycles. The van der Waals surface area contributed by atoms with E-state index in [1.165, 1.54) is 38.4 Å². The summed E-state index contributed by atoms with van der Waals surface area (Å²) in [5, 5.41) is 5.18. The topological polar surface area (TPSA) is 105 Å². The molecule has 0 aliphatic rings. The molecule has 0 aromatic heterocycles. The van der Waals surface area contributed by atoms with Gasteiger partial charge in [0.1, 0.15) is 0 Å². The fraction of sp³-hybridized carbons (Fsp3) is 0.556. The van der Waals surface area contributed by atoms with Crippen LogP contribution in [-0.4, -0.2) is 64.9 Å². The highest BCUT2D eigenvalue weighted by Gasteiger charge is 2.18. The molecule has 2 N–H and O–H groups in total. The molecule has 0 atom stereocenters. The van der Waals surface area contributed by atoms with Crippen molar-refractivity contribution >= 4 is 21.8 Å². The summed E-state index contributed by atoms with van der Waals surface area (Å²) in [5.41, 5.74) is 0.176. The van der Waals surface area contributed by atoms with Gasteiger partial charge in [-0.2, -0.15) is 0 Å². The summed E-state index contributed by atoms with van der Waals surface area (Å²) in [7, 11) is -0.790. The number of hydrogen-bond acceptors (Lipinski definition) is 5. The highest BCUT2D eigenvalue weighted by Crippen LogP contribution is 2.14. The summed E-state index contributed by atoms with van der Waals surface area (Å²) in [4.78, 5) is 23.9. The van der Waals surface area contributed by atoms with E-state index in [1.807, 2.05) is 0 Å². The van der Waals surface area contributed by atoms with E-state index < -0.39 is 15.9 Å². The van der Waals surface area contributed by atoms with Crippen LogP contribution < -0.4 is 10.6 Å². The van der Waals surface area contributed by atoms with Gasteiger partial charge in [-0.3, -0.25) is 9.59 Å². The van der Waals surface area contributed by atoms with E-state index in [0.717, 1.165) is 23.8 Å². The van der Waals surface area contributed by atoms with Crippen LogP contribution in [0.3, 0.4) is 0 Å². The summed E-state index contributed by atoms with van der Waals surface area (Å²) in [5.74, 6) is -0.821. The van der Waals surface area contributed by atoms with E-state index in [2.05, 4.69) is 17.6 Å². The van der Waals surface area contributed by atoms with E-state index >= 15 is 0 Å². The fourth-order valence-corrected chi connectivity index (χ4v) is 3.03. The molecule has 0 spiro atoms. The zero-order valence-corrected chi connectivity index (χ0v) is 17.0. The number of hydrogen-bond donors (Lipinski definition) is 2. The number of sulfonamides is 1. The lowest BCUT2D eigenvalue weighted by Gasteiger charge is -2.12. The van der Waals surface area contributed by atoms with Crippen LogP contribution in [-0.2, 0) is 19.6 Å². The Morgan fingerprint density at radius 3 is 2.48 bits per heavy atom. The Morgan fingerprint density at radius 2 is 1.81 bits per heavy atom. The van der Waals surface area contributed by atoms with Crippen LogP contribution in [0.4, 0.5) is 0 Å². The second kappa shape index (κ2) is 11.7. The molecular weight excluding hydrogens is 370 g/mol. The average Bonchev–Trinajstić information content (AvgIpc) is 2.65. The van der Waals surface area contributed by atoms with Gasteiger partial charge in [-0.25, -0.2) is 12.7 Å². The van der Waals surface area contributed by atoms with E-state index in [9.17, 15) is 18.0 Å². The van der Waals surface area contributed by atoms with Gasteiger partial charge in [0, 0.05) is 39.4 Å². The molecule has 9 heteroatoms. The number of rotatable bonds is 12. The maximum absolute atomic E-state index is 12.2. The fourth-order valence-electron chi connectivity index (χ4n) is 2.08. The molecule has 0 aliphatic heterocycles. The van der Waals surface area contributed by atoms with Gasteiger partial charge in [0.25, 0.3) is 5.91 Å². The summed E-state index contributed by atoms with van der Waals surface area (Å²) in [6, 6.07) is 5.69. The number of ether oxygens (including phenoxy) is 1. The number of amides is 2. The van der Waals surface area contributed by atoms with Gasteiger partial charge in [0.15, 0.2) is 0 Å². The molecule has 0 radical (unpaired) electrons. The lowest BCUT2D eigenvalue weighted by molar-refractivity contribution is -0.120. The molecular formula is C18H29N3O5S. The first-order valence-corrected chi connectivity index (χ1v) is 10.4. The molecule has 1 aromatic rings. The van der Waals surface area contributed by atoms with Crippen molar-refractivity contribution in [3.63, 3.8) is 0 Å². The maximum atomic E-state index is 12.2. The first-order valence-electron chi connectivity index (χ1n) is 8.94. The van der Waals surface area contributed by atoms with E-state index in [0.29, 0.717) is 19.6 Å². The largest absolute Gasteiger partial charge is 0.381 e. The lowest BCUT2D eigenvalue weighted by atomic mass is 10.2. The van der Waals surface area contributed by atoms with Crippen LogP contribution in [0, 0.1) is 0 Å². The Balaban J connectivity index is 2.41. The number of benzene rings is 1. The normalized spacial score (nSPS) is 11.4. The zero-order chi connectivity index (χ0) is 20.3. The van der Waals surface area contributed by atoms with Crippen molar-refractivity contribution in [2.75, 3.05) is 40.4 Å². The van der Waals surface area contributed by atoms with Crippen molar-refractivity contribution < 1.29 is 22.7 Å². The Hall–Kier alpha value is -1.97. The lowest BCUT2D eigenvalue weighted by Crippen LogP contribution is -2.37. The third kappa shape index (κ3) is 8.06. The Bertz CT molecular complexity index is 719. The van der Waals surface area contributed by atoms with Gasteiger partial charge in [-0.15, -0.1) is 0 Å². The summed E-state index contributed by atoms with van der Waals surface area (Å²) >= 11 is 0. The number of nitrogens with one attached hydrogen (secondary N) is 2. The molecule has 0 unspecified atom stereocenters. The van der Waals surface area contributed by atoms with Gasteiger partial charge in [0.05, 0.1) is 11.4 Å². The highest BCUT2D eigenvalue weighted by atomic mass is 32.2. The van der Waals surface area contributed by atoms with Crippen molar-refractivity contribution in [3.8, 4) is 0 Å². The van der Waals surface area contributed by atoms with Crippen molar-refractivity contribution in [1.29, 1.82) is 0 Å². The molecule has 0 bridgehead atoms. The Kier molecular flexibility index (Phi) is 9.98. The van der Waals surface area contributed by atoms with Crippen LogP contribution in [0.2, 0.25) is 0 Å². The van der Waals surface area contributed by atoms with Crippen molar-refractivity contribution in [3.05, 3.63) is 29.8 Å². The predicted molar refractivity (Wildman–Crippen MR) is 103 cm³/mol. The number of carbonyl (C=O) groups is 2. The number of nitrogens with zero attached hydrogens (tertiary/aromatic N) is 1. The standard InChI is InChI=1S/C18H29N3O5S/c1-4-5-11-26-12-7-10-19-17(22)14-20-18(23)15-8-6-9-16(13-15)27(24,25)21(2)3/h6,8-9,13H,4-5,7,10-12,14H2,1-3H3,(H,19,22)(H,20,23). The predicted octanol–water partition coefficient (Wildman–Crippen LogP) is 0.990. The molecule has 152 valence electrons. The van der Waals surface area contributed by atoms with Crippen LogP contribution >= 0.6 is 0 Å². The molecule has 27 heavy (non-hydrogen) atoms. The minimum Gasteiger partial charge on any atom is -0.381 e. The first kappa shape index (κ1) is 23.1. The molecule has 2 amide bonds. The Labute approximate surface area is 161 Å². The second-order valence-electron chi connectivity index (χ2n) is 6.17. The Morgan fingerprint density at radius 1 is 1.11 bits per heavy atom. The SMILES string of the molecule is CCCCOCCCNC(=O)CNC(=O)c1cccc(S(=O)(=O)N(C)C)c1. The van der Waals surface area contributed by atoms with E-state index in [1.54, 1.807) is 0 Å². The van der Waals surface area contributed by atoms with Crippen molar-refractivity contribution in [2.45, 2.75) is 31.1 Å². The summed E-state index contributed by atoms with van der Waals surface area (Å²) in [6.45, 7) is 3.69. The smallest absolute Gasteiger partial charge is 0.251 e. The van der Waals surface area contributed by atoms with Crippen molar-refractivity contribution in [2.24, 2.45) is 0 Å². The van der Waals surface area contributed by atoms with Crippen LogP contribution in [0.25, 0.3) is 0 Å².